The van der Waals surface area contributed by atoms with E-state index in [1.165, 1.54) is 13.1 Å². The Balaban J connectivity index is 2.22. The molecule has 0 atom stereocenters. The van der Waals surface area contributed by atoms with Gasteiger partial charge >= 0.3 is 6.09 Å². The summed E-state index contributed by atoms with van der Waals surface area (Å²) in [6, 6.07) is 0. The molecule has 18 heavy (non-hydrogen) atoms. The Kier molecular flexibility index (Phi) is 5.54. The highest BCUT2D eigenvalue weighted by Gasteiger charge is 2.24. The Labute approximate surface area is 106 Å². The maximum absolute atomic E-state index is 12.5. The number of amides is 1. The first-order valence-corrected chi connectivity index (χ1v) is 7.25. The molecule has 0 aliphatic carbocycles. The van der Waals surface area contributed by atoms with Crippen molar-refractivity contribution in [2.45, 2.75) is 6.17 Å². The second-order valence-corrected chi connectivity index (χ2v) is 5.95. The summed E-state index contributed by atoms with van der Waals surface area (Å²) in [5, 5.41) is 3.29. The number of halogens is 1. The summed E-state index contributed by atoms with van der Waals surface area (Å²) in [4.78, 5) is 12.5. The first-order valence-electron chi connectivity index (χ1n) is 5.53. The van der Waals surface area contributed by atoms with Crippen LogP contribution in [0.3, 0.4) is 0 Å². The minimum atomic E-state index is -3.38. The number of rotatable bonds is 6. The van der Waals surface area contributed by atoms with Crippen molar-refractivity contribution in [1.29, 1.82) is 0 Å². The molecule has 0 aromatic carbocycles. The summed E-state index contributed by atoms with van der Waals surface area (Å²) < 4.78 is 40.0. The Bertz CT molecular complexity index is 404. The van der Waals surface area contributed by atoms with Crippen molar-refractivity contribution in [3.8, 4) is 0 Å². The summed E-state index contributed by atoms with van der Waals surface area (Å²) >= 11 is 0. The molecule has 0 aromatic rings. The van der Waals surface area contributed by atoms with E-state index in [0.29, 0.717) is 19.6 Å². The predicted molar refractivity (Wildman–Crippen MR) is 64.7 cm³/mol. The van der Waals surface area contributed by atoms with E-state index >= 15 is 0 Å². The average Bonchev–Trinajstić information content (AvgIpc) is 2.26. The molecule has 1 heterocycles. The number of ether oxygens (including phenoxy) is 1. The van der Waals surface area contributed by atoms with Gasteiger partial charge in [-0.1, -0.05) is 6.08 Å². The van der Waals surface area contributed by atoms with Gasteiger partial charge in [0.05, 0.1) is 5.75 Å². The Morgan fingerprint density at radius 3 is 2.78 bits per heavy atom. The lowest BCUT2D eigenvalue weighted by atomic mass is 10.2. The zero-order chi connectivity index (χ0) is 13.6. The third-order valence-electron chi connectivity index (χ3n) is 2.38. The molecular formula is C10H17FN2O4S. The van der Waals surface area contributed by atoms with E-state index in [9.17, 15) is 17.6 Å². The van der Waals surface area contributed by atoms with Crippen LogP contribution in [-0.4, -0.2) is 64.6 Å². The van der Waals surface area contributed by atoms with Gasteiger partial charge < -0.3 is 10.1 Å². The van der Waals surface area contributed by atoms with Gasteiger partial charge in [0.25, 0.3) is 0 Å². The van der Waals surface area contributed by atoms with E-state index < -0.39 is 22.1 Å². The van der Waals surface area contributed by atoms with Crippen molar-refractivity contribution in [3.63, 3.8) is 0 Å². The molecule has 0 aromatic heterocycles. The molecule has 0 spiro atoms. The number of alkyl carbamates (subject to hydrolysis) is 1. The third-order valence-corrected chi connectivity index (χ3v) is 3.73. The fraction of sp³-hybridized carbons (Fsp3) is 0.700. The third kappa shape index (κ3) is 5.46. The van der Waals surface area contributed by atoms with Crippen molar-refractivity contribution >= 4 is 15.9 Å². The summed E-state index contributed by atoms with van der Waals surface area (Å²) in [6.07, 6.45) is 0.0147. The molecule has 1 rings (SSSR count). The van der Waals surface area contributed by atoms with Gasteiger partial charge in [-0.15, -0.1) is 0 Å². The van der Waals surface area contributed by atoms with Crippen LogP contribution >= 0.6 is 0 Å². The summed E-state index contributed by atoms with van der Waals surface area (Å²) in [5.41, 5.74) is 0. The van der Waals surface area contributed by atoms with Crippen LogP contribution in [0.5, 0.6) is 0 Å². The first kappa shape index (κ1) is 14.9. The van der Waals surface area contributed by atoms with E-state index in [1.807, 2.05) is 0 Å². The Morgan fingerprint density at radius 2 is 2.22 bits per heavy atom. The molecule has 1 amide bonds. The van der Waals surface area contributed by atoms with Crippen molar-refractivity contribution in [3.05, 3.63) is 11.5 Å². The van der Waals surface area contributed by atoms with E-state index in [4.69, 9.17) is 0 Å². The van der Waals surface area contributed by atoms with Gasteiger partial charge in [0.15, 0.2) is 9.84 Å². The molecular weight excluding hydrogens is 263 g/mol. The highest BCUT2D eigenvalue weighted by Crippen LogP contribution is 2.10. The van der Waals surface area contributed by atoms with Gasteiger partial charge in [0.1, 0.15) is 12.8 Å². The number of alkyl halides is 1. The number of carbonyl (C=O) groups excluding carboxylic acids is 1. The second-order valence-electron chi connectivity index (χ2n) is 3.94. The lowest BCUT2D eigenvalue weighted by Crippen LogP contribution is -2.48. The SMILES string of the molecule is CNC(=O)OCCS(=O)(=O)/C=C/CN1CC(F)C1. The normalized spacial score (nSPS) is 17.7. The van der Waals surface area contributed by atoms with Crippen molar-refractivity contribution < 1.29 is 22.3 Å². The molecule has 1 aliphatic heterocycles. The molecule has 0 bridgehead atoms. The Hall–Kier alpha value is -1.15. The predicted octanol–water partition coefficient (Wildman–Crippen LogP) is -0.0754. The topological polar surface area (TPSA) is 75.7 Å². The molecule has 1 saturated heterocycles. The molecule has 104 valence electrons. The molecule has 1 N–H and O–H groups in total. The molecule has 6 nitrogen and oxygen atoms in total. The molecule has 0 unspecified atom stereocenters. The standard InChI is InChI=1S/C10H17FN2O4S/c1-12-10(14)17-4-6-18(15,16)5-2-3-13-7-9(11)8-13/h2,5,9H,3-4,6-8H2,1H3,(H,12,14)/b5-2+. The monoisotopic (exact) mass is 280 g/mol. The van der Waals surface area contributed by atoms with Crippen LogP contribution in [-0.2, 0) is 14.6 Å². The van der Waals surface area contributed by atoms with Gasteiger partial charge in [-0.3, -0.25) is 4.90 Å². The van der Waals surface area contributed by atoms with Gasteiger partial charge in [-0.25, -0.2) is 17.6 Å². The van der Waals surface area contributed by atoms with Crippen molar-refractivity contribution in [1.82, 2.24) is 10.2 Å². The number of likely N-dealkylation sites (tertiary alicyclic amines) is 1. The van der Waals surface area contributed by atoms with Crippen molar-refractivity contribution in [2.75, 3.05) is 39.0 Å². The van der Waals surface area contributed by atoms with E-state index in [0.717, 1.165) is 5.41 Å². The molecule has 1 aliphatic rings. The Morgan fingerprint density at radius 1 is 1.56 bits per heavy atom. The van der Waals surface area contributed by atoms with E-state index in [-0.39, 0.29) is 12.4 Å². The molecule has 8 heteroatoms. The summed E-state index contributed by atoms with van der Waals surface area (Å²) in [5.74, 6) is -0.261. The van der Waals surface area contributed by atoms with E-state index in [1.54, 1.807) is 4.90 Å². The minimum absolute atomic E-state index is 0.192. The van der Waals surface area contributed by atoms with Crippen LogP contribution in [0.1, 0.15) is 0 Å². The zero-order valence-electron chi connectivity index (χ0n) is 10.1. The summed E-state index contributed by atoms with van der Waals surface area (Å²) in [7, 11) is -1.99. The maximum Gasteiger partial charge on any atom is 0.406 e. The number of nitrogens with one attached hydrogen (secondary N) is 1. The quantitative estimate of drug-likeness (QED) is 0.737. The lowest BCUT2D eigenvalue weighted by Gasteiger charge is -2.33. The highest BCUT2D eigenvalue weighted by atomic mass is 32.2. The van der Waals surface area contributed by atoms with Crippen LogP contribution in [0.2, 0.25) is 0 Å². The fourth-order valence-corrected chi connectivity index (χ4v) is 2.22. The van der Waals surface area contributed by atoms with Crippen LogP contribution in [0.4, 0.5) is 9.18 Å². The number of carbonyl (C=O) groups is 1. The fourth-order valence-electron chi connectivity index (χ4n) is 1.39. The van der Waals surface area contributed by atoms with Crippen LogP contribution < -0.4 is 5.32 Å². The number of nitrogens with zero attached hydrogens (tertiary/aromatic N) is 1. The average molecular weight is 280 g/mol. The molecule has 0 saturated carbocycles. The van der Waals surface area contributed by atoms with Gasteiger partial charge in [-0.05, 0) is 0 Å². The van der Waals surface area contributed by atoms with Crippen LogP contribution in [0, 0.1) is 0 Å². The minimum Gasteiger partial charge on any atom is -0.448 e. The van der Waals surface area contributed by atoms with Crippen LogP contribution in [0.25, 0.3) is 0 Å². The number of sulfone groups is 1. The number of hydrogen-bond donors (Lipinski definition) is 1. The largest absolute Gasteiger partial charge is 0.448 e. The summed E-state index contributed by atoms with van der Waals surface area (Å²) in [6.45, 7) is 0.924. The second kappa shape index (κ2) is 6.69. The smallest absolute Gasteiger partial charge is 0.406 e. The van der Waals surface area contributed by atoms with E-state index in [2.05, 4.69) is 10.1 Å². The van der Waals surface area contributed by atoms with Crippen LogP contribution in [0.15, 0.2) is 11.5 Å². The lowest BCUT2D eigenvalue weighted by molar-refractivity contribution is 0.0772. The van der Waals surface area contributed by atoms with Gasteiger partial charge in [0, 0.05) is 32.1 Å². The zero-order valence-corrected chi connectivity index (χ0v) is 11.0. The maximum atomic E-state index is 12.5. The molecule has 1 fully saturated rings. The van der Waals surface area contributed by atoms with Gasteiger partial charge in [-0.2, -0.15) is 0 Å². The van der Waals surface area contributed by atoms with Gasteiger partial charge in [0.2, 0.25) is 0 Å². The highest BCUT2D eigenvalue weighted by molar-refractivity contribution is 7.94. The first-order chi connectivity index (χ1) is 8.43. The van der Waals surface area contributed by atoms with Crippen molar-refractivity contribution in [2.24, 2.45) is 0 Å². The molecule has 0 radical (unpaired) electrons. The number of hydrogen-bond acceptors (Lipinski definition) is 5.